The van der Waals surface area contributed by atoms with Gasteiger partial charge in [0.25, 0.3) is 0 Å². The van der Waals surface area contributed by atoms with Crippen LogP contribution in [0.1, 0.15) is 36.0 Å². The number of hydrogen-bond acceptors (Lipinski definition) is 10. The minimum absolute atomic E-state index is 0.0219. The van der Waals surface area contributed by atoms with Crippen molar-refractivity contribution in [1.29, 1.82) is 0 Å². The number of anilines is 1. The number of thiophene rings is 1. The average molecular weight is 416 g/mol. The molecular weight excluding hydrogens is 400 g/mol. The number of ether oxygens (including phenoxy) is 3. The Morgan fingerprint density at radius 2 is 1.76 bits per heavy atom. The maximum absolute atomic E-state index is 12.4. The van der Waals surface area contributed by atoms with Crippen LogP contribution in [-0.2, 0) is 20.8 Å². The van der Waals surface area contributed by atoms with Gasteiger partial charge < -0.3 is 24.4 Å². The number of aromatic nitrogens is 1. The van der Waals surface area contributed by atoms with Crippen LogP contribution in [0.3, 0.4) is 0 Å². The molecule has 0 bridgehead atoms. The Hall–Kier alpha value is -3.66. The summed E-state index contributed by atoms with van der Waals surface area (Å²) < 4.78 is 19.9. The lowest BCUT2D eigenvalue weighted by Gasteiger charge is -2.08. The molecule has 0 amide bonds. The van der Waals surface area contributed by atoms with Gasteiger partial charge in [-0.2, -0.15) is 0 Å². The van der Waals surface area contributed by atoms with Gasteiger partial charge in [-0.25, -0.2) is 19.4 Å². The fourth-order valence-corrected chi connectivity index (χ4v) is 3.54. The van der Waals surface area contributed by atoms with Gasteiger partial charge in [0.1, 0.15) is 22.0 Å². The van der Waals surface area contributed by atoms with Crippen molar-refractivity contribution in [3.05, 3.63) is 58.4 Å². The van der Waals surface area contributed by atoms with Gasteiger partial charge in [0, 0.05) is 11.1 Å². The average Bonchev–Trinajstić information content (AvgIpc) is 3.39. The van der Waals surface area contributed by atoms with E-state index in [0.717, 1.165) is 16.9 Å². The van der Waals surface area contributed by atoms with Crippen LogP contribution in [0, 0.1) is 0 Å². The largest absolute Gasteiger partial charge is 0.465 e. The molecule has 3 aromatic rings. The minimum atomic E-state index is -0.739. The van der Waals surface area contributed by atoms with E-state index < -0.39 is 17.9 Å². The van der Waals surface area contributed by atoms with Crippen LogP contribution >= 0.6 is 11.3 Å². The summed E-state index contributed by atoms with van der Waals surface area (Å²) in [7, 11) is 2.38. The summed E-state index contributed by atoms with van der Waals surface area (Å²) in [4.78, 5) is 40.4. The van der Waals surface area contributed by atoms with E-state index in [4.69, 9.17) is 24.4 Å². The first kappa shape index (κ1) is 20.1. The molecule has 2 heterocycles. The lowest BCUT2D eigenvalue weighted by atomic mass is 10.1. The third kappa shape index (κ3) is 4.11. The Labute approximate surface area is 169 Å². The number of carbonyl (C=O) groups is 3. The second-order valence-electron chi connectivity index (χ2n) is 5.65. The molecule has 0 saturated carbocycles. The Balaban J connectivity index is 1.80. The molecule has 0 fully saturated rings. The zero-order chi connectivity index (χ0) is 21.0. The number of hydrogen-bond donors (Lipinski definition) is 1. The van der Waals surface area contributed by atoms with Crippen LogP contribution in [0.2, 0.25) is 0 Å². The zero-order valence-corrected chi connectivity index (χ0v) is 16.3. The van der Waals surface area contributed by atoms with Gasteiger partial charge in [0.15, 0.2) is 12.2 Å². The summed E-state index contributed by atoms with van der Waals surface area (Å²) in [5.74, 6) is -1.52. The number of esters is 3. The van der Waals surface area contributed by atoms with E-state index in [2.05, 4.69) is 4.98 Å². The highest BCUT2D eigenvalue weighted by atomic mass is 32.1. The van der Waals surface area contributed by atoms with Crippen LogP contribution < -0.4 is 5.73 Å². The quantitative estimate of drug-likeness (QED) is 0.476. The summed E-state index contributed by atoms with van der Waals surface area (Å²) in [5.41, 5.74) is 6.98. The van der Waals surface area contributed by atoms with E-state index in [1.165, 1.54) is 20.6 Å². The lowest BCUT2D eigenvalue weighted by molar-refractivity contribution is 0.0452. The Kier molecular flexibility index (Phi) is 5.93. The molecule has 0 unspecified atom stereocenters. The normalized spacial score (nSPS) is 10.4. The lowest BCUT2D eigenvalue weighted by Crippen LogP contribution is -2.12. The molecule has 2 aromatic heterocycles. The molecule has 0 aliphatic heterocycles. The fraction of sp³-hybridized carbons (Fsp3) is 0.158. The maximum atomic E-state index is 12.4. The van der Waals surface area contributed by atoms with Crippen molar-refractivity contribution in [2.75, 3.05) is 20.0 Å². The van der Waals surface area contributed by atoms with Gasteiger partial charge in [0.2, 0.25) is 0 Å². The van der Waals surface area contributed by atoms with Crippen molar-refractivity contribution in [3.63, 3.8) is 0 Å². The predicted molar refractivity (Wildman–Crippen MR) is 102 cm³/mol. The topological polar surface area (TPSA) is 131 Å². The van der Waals surface area contributed by atoms with Gasteiger partial charge in [-0.05, 0) is 12.1 Å². The summed E-state index contributed by atoms with van der Waals surface area (Å²) >= 11 is 0.860. The van der Waals surface area contributed by atoms with E-state index in [9.17, 15) is 14.4 Å². The highest BCUT2D eigenvalue weighted by Crippen LogP contribution is 2.33. The second-order valence-corrected chi connectivity index (χ2v) is 6.70. The molecule has 3 rings (SSSR count). The van der Waals surface area contributed by atoms with Gasteiger partial charge in [-0.3, -0.25) is 0 Å². The molecule has 0 atom stereocenters. The number of nitrogens with two attached hydrogens (primary N) is 1. The zero-order valence-electron chi connectivity index (χ0n) is 15.5. The number of rotatable bonds is 6. The molecule has 150 valence electrons. The van der Waals surface area contributed by atoms with E-state index in [1.54, 1.807) is 30.5 Å². The van der Waals surface area contributed by atoms with Crippen molar-refractivity contribution >= 4 is 34.2 Å². The summed E-state index contributed by atoms with van der Waals surface area (Å²) in [5, 5.41) is 0.0692. The molecule has 10 heteroatoms. The first-order valence-electron chi connectivity index (χ1n) is 8.20. The third-order valence-corrected chi connectivity index (χ3v) is 5.02. The van der Waals surface area contributed by atoms with E-state index in [-0.39, 0.29) is 33.2 Å². The standard InChI is InChI=1S/C19H16N2O7S/c1-25-18(23)14-12(15(19(24)26-2)29-16(14)20)8-27-17(22)11-5-3-10(4-6-11)13-7-21-9-28-13/h3-7,9H,8,20H2,1-2H3. The van der Waals surface area contributed by atoms with Crippen molar-refractivity contribution in [1.82, 2.24) is 4.98 Å². The summed E-state index contributed by atoms with van der Waals surface area (Å²) in [6.07, 6.45) is 2.86. The Morgan fingerprint density at radius 3 is 2.34 bits per heavy atom. The van der Waals surface area contributed by atoms with Crippen molar-refractivity contribution in [2.24, 2.45) is 0 Å². The van der Waals surface area contributed by atoms with Gasteiger partial charge in [0.05, 0.1) is 26.0 Å². The van der Waals surface area contributed by atoms with E-state index >= 15 is 0 Å². The van der Waals surface area contributed by atoms with Gasteiger partial charge in [-0.1, -0.05) is 12.1 Å². The molecule has 9 nitrogen and oxygen atoms in total. The first-order valence-corrected chi connectivity index (χ1v) is 9.01. The summed E-state index contributed by atoms with van der Waals surface area (Å²) in [6.45, 7) is -0.356. The Morgan fingerprint density at radius 1 is 1.07 bits per heavy atom. The van der Waals surface area contributed by atoms with Crippen LogP contribution in [0.4, 0.5) is 5.00 Å². The third-order valence-electron chi connectivity index (χ3n) is 3.98. The predicted octanol–water partition coefficient (Wildman–Crippen LogP) is 2.92. The van der Waals surface area contributed by atoms with Crippen molar-refractivity contribution in [3.8, 4) is 11.3 Å². The molecule has 2 N–H and O–H groups in total. The molecule has 1 aromatic carbocycles. The first-order chi connectivity index (χ1) is 14.0. The van der Waals surface area contributed by atoms with Gasteiger partial charge in [-0.15, -0.1) is 11.3 Å². The van der Waals surface area contributed by atoms with E-state index in [1.807, 2.05) is 0 Å². The molecule has 0 aliphatic carbocycles. The van der Waals surface area contributed by atoms with Crippen LogP contribution in [-0.4, -0.2) is 37.1 Å². The molecule has 0 aliphatic rings. The smallest absolute Gasteiger partial charge is 0.348 e. The van der Waals surface area contributed by atoms with Crippen LogP contribution in [0.5, 0.6) is 0 Å². The van der Waals surface area contributed by atoms with Crippen molar-refractivity contribution in [2.45, 2.75) is 6.61 Å². The number of benzene rings is 1. The highest BCUT2D eigenvalue weighted by molar-refractivity contribution is 7.18. The number of nitrogen functional groups attached to an aromatic ring is 1. The Bertz CT molecular complexity index is 1040. The number of nitrogens with zero attached hydrogens (tertiary/aromatic N) is 1. The monoisotopic (exact) mass is 416 g/mol. The van der Waals surface area contributed by atoms with Crippen LogP contribution in [0.25, 0.3) is 11.3 Å². The maximum Gasteiger partial charge on any atom is 0.348 e. The molecule has 0 saturated heterocycles. The van der Waals surface area contributed by atoms with E-state index in [0.29, 0.717) is 5.76 Å². The SMILES string of the molecule is COC(=O)c1sc(N)c(C(=O)OC)c1COC(=O)c1ccc(-c2cnco2)cc1. The number of carbonyl (C=O) groups excluding carboxylic acids is 3. The van der Waals surface area contributed by atoms with Crippen LogP contribution in [0.15, 0.2) is 41.3 Å². The molecule has 0 radical (unpaired) electrons. The minimum Gasteiger partial charge on any atom is -0.465 e. The highest BCUT2D eigenvalue weighted by Gasteiger charge is 2.28. The second kappa shape index (κ2) is 8.57. The van der Waals surface area contributed by atoms with Gasteiger partial charge >= 0.3 is 17.9 Å². The number of methoxy groups -OCH3 is 2. The summed E-state index contributed by atoms with van der Waals surface area (Å²) in [6, 6.07) is 6.48. The fourth-order valence-electron chi connectivity index (χ4n) is 2.56. The molecular formula is C19H16N2O7S. The molecule has 29 heavy (non-hydrogen) atoms. The van der Waals surface area contributed by atoms with Crippen molar-refractivity contribution < 1.29 is 33.0 Å². The molecule has 0 spiro atoms. The number of oxazole rings is 1.